The number of halogens is 3. The molecule has 0 fully saturated rings. The highest BCUT2D eigenvalue weighted by Crippen LogP contribution is 2.26. The summed E-state index contributed by atoms with van der Waals surface area (Å²) in [6.07, 6.45) is -4.67. The Morgan fingerprint density at radius 3 is 2.35 bits per heavy atom. The Bertz CT molecular complexity index is 752. The van der Waals surface area contributed by atoms with Gasteiger partial charge in [0.05, 0.1) is 7.11 Å². The van der Waals surface area contributed by atoms with Gasteiger partial charge in [-0.1, -0.05) is 12.1 Å². The van der Waals surface area contributed by atoms with E-state index in [0.29, 0.717) is 11.8 Å². The summed E-state index contributed by atoms with van der Waals surface area (Å²) in [6, 6.07) is 8.35. The molecule has 8 heteroatoms. The number of nitrogens with one attached hydrogen (secondary N) is 2. The second-order valence-corrected chi connectivity index (χ2v) is 4.64. The fourth-order valence-corrected chi connectivity index (χ4v) is 1.84. The summed E-state index contributed by atoms with van der Waals surface area (Å²) in [5, 5.41) is 2.47. The number of aromatic amines is 1. The van der Waals surface area contributed by atoms with E-state index >= 15 is 0 Å². The molecule has 0 unspecified atom stereocenters. The SMILES string of the molecule is COc1ccc(CNC(=O)c2ccc(C(F)(F)F)[nH]c2=O)cc1. The first-order valence-corrected chi connectivity index (χ1v) is 6.53. The number of ether oxygens (including phenoxy) is 1. The third-order valence-corrected chi connectivity index (χ3v) is 3.07. The van der Waals surface area contributed by atoms with Crippen molar-refractivity contribution in [2.75, 3.05) is 7.11 Å². The quantitative estimate of drug-likeness (QED) is 0.906. The number of methoxy groups -OCH3 is 1. The van der Waals surface area contributed by atoms with Crippen molar-refractivity contribution in [1.82, 2.24) is 10.3 Å². The molecule has 1 aromatic carbocycles. The lowest BCUT2D eigenvalue weighted by Crippen LogP contribution is -2.30. The number of amides is 1. The summed E-state index contributed by atoms with van der Waals surface area (Å²) >= 11 is 0. The molecule has 5 nitrogen and oxygen atoms in total. The molecule has 0 saturated heterocycles. The minimum Gasteiger partial charge on any atom is -0.497 e. The number of pyridine rings is 1. The van der Waals surface area contributed by atoms with Gasteiger partial charge in [-0.05, 0) is 29.8 Å². The van der Waals surface area contributed by atoms with Gasteiger partial charge in [0, 0.05) is 6.54 Å². The highest BCUT2D eigenvalue weighted by atomic mass is 19.4. The highest BCUT2D eigenvalue weighted by molar-refractivity contribution is 5.93. The molecule has 0 bridgehead atoms. The van der Waals surface area contributed by atoms with E-state index in [4.69, 9.17) is 4.74 Å². The average Bonchev–Trinajstić information content (AvgIpc) is 2.52. The molecular weight excluding hydrogens is 313 g/mol. The Morgan fingerprint density at radius 2 is 1.83 bits per heavy atom. The van der Waals surface area contributed by atoms with Crippen LogP contribution in [0.1, 0.15) is 21.6 Å². The van der Waals surface area contributed by atoms with E-state index in [2.05, 4.69) is 5.32 Å². The van der Waals surface area contributed by atoms with Crippen molar-refractivity contribution in [2.24, 2.45) is 0 Å². The van der Waals surface area contributed by atoms with Gasteiger partial charge in [0.1, 0.15) is 17.0 Å². The number of aromatic nitrogens is 1. The van der Waals surface area contributed by atoms with Crippen molar-refractivity contribution >= 4 is 5.91 Å². The normalized spacial score (nSPS) is 11.1. The molecule has 23 heavy (non-hydrogen) atoms. The zero-order valence-corrected chi connectivity index (χ0v) is 12.0. The van der Waals surface area contributed by atoms with Gasteiger partial charge in [-0.25, -0.2) is 0 Å². The summed E-state index contributed by atoms with van der Waals surface area (Å²) in [5.41, 5.74) is -1.92. The number of carbonyl (C=O) groups excluding carboxylic acids is 1. The first kappa shape index (κ1) is 16.6. The third kappa shape index (κ3) is 4.12. The van der Waals surface area contributed by atoms with Crippen LogP contribution in [0.25, 0.3) is 0 Å². The minimum absolute atomic E-state index is 0.128. The number of alkyl halides is 3. The lowest BCUT2D eigenvalue weighted by Gasteiger charge is -2.08. The molecule has 1 aromatic heterocycles. The maximum atomic E-state index is 12.5. The average molecular weight is 326 g/mol. The van der Waals surface area contributed by atoms with Crippen LogP contribution >= 0.6 is 0 Å². The zero-order chi connectivity index (χ0) is 17.0. The molecule has 122 valence electrons. The van der Waals surface area contributed by atoms with E-state index in [1.807, 2.05) is 0 Å². The van der Waals surface area contributed by atoms with Gasteiger partial charge in [0.2, 0.25) is 0 Å². The number of hydrogen-bond donors (Lipinski definition) is 2. The molecular formula is C15H13F3N2O3. The number of carbonyl (C=O) groups is 1. The molecule has 0 aliphatic heterocycles. The van der Waals surface area contributed by atoms with Crippen molar-refractivity contribution in [3.8, 4) is 5.75 Å². The number of hydrogen-bond acceptors (Lipinski definition) is 3. The van der Waals surface area contributed by atoms with E-state index in [1.165, 1.54) is 7.11 Å². The van der Waals surface area contributed by atoms with Crippen LogP contribution in [0, 0.1) is 0 Å². The predicted molar refractivity (Wildman–Crippen MR) is 76.2 cm³/mol. The predicted octanol–water partition coefficient (Wildman–Crippen LogP) is 2.33. The van der Waals surface area contributed by atoms with Gasteiger partial charge in [-0.3, -0.25) is 9.59 Å². The van der Waals surface area contributed by atoms with Crippen LogP contribution in [-0.4, -0.2) is 18.0 Å². The Hall–Kier alpha value is -2.77. The Morgan fingerprint density at radius 1 is 1.17 bits per heavy atom. The zero-order valence-electron chi connectivity index (χ0n) is 12.0. The Balaban J connectivity index is 2.07. The van der Waals surface area contributed by atoms with E-state index in [9.17, 15) is 22.8 Å². The highest BCUT2D eigenvalue weighted by Gasteiger charge is 2.32. The van der Waals surface area contributed by atoms with Crippen molar-refractivity contribution in [1.29, 1.82) is 0 Å². The largest absolute Gasteiger partial charge is 0.497 e. The van der Waals surface area contributed by atoms with Crippen LogP contribution in [0.2, 0.25) is 0 Å². The van der Waals surface area contributed by atoms with Crippen LogP contribution in [0.4, 0.5) is 13.2 Å². The molecule has 0 radical (unpaired) electrons. The monoisotopic (exact) mass is 326 g/mol. The third-order valence-electron chi connectivity index (χ3n) is 3.07. The maximum absolute atomic E-state index is 12.5. The van der Waals surface area contributed by atoms with Crippen molar-refractivity contribution in [3.63, 3.8) is 0 Å². The number of rotatable bonds is 4. The molecule has 2 aromatic rings. The summed E-state index contributed by atoms with van der Waals surface area (Å²) < 4.78 is 42.3. The molecule has 2 rings (SSSR count). The van der Waals surface area contributed by atoms with Crippen molar-refractivity contribution in [2.45, 2.75) is 12.7 Å². The van der Waals surface area contributed by atoms with Gasteiger partial charge in [-0.2, -0.15) is 13.2 Å². The van der Waals surface area contributed by atoms with Gasteiger partial charge < -0.3 is 15.0 Å². The van der Waals surface area contributed by atoms with E-state index in [-0.39, 0.29) is 12.1 Å². The number of benzene rings is 1. The lowest BCUT2D eigenvalue weighted by molar-refractivity contribution is -0.141. The van der Waals surface area contributed by atoms with Crippen LogP contribution in [0.5, 0.6) is 5.75 Å². The summed E-state index contributed by atoms with van der Waals surface area (Å²) in [5.74, 6) is -0.102. The van der Waals surface area contributed by atoms with Crippen LogP contribution in [-0.2, 0) is 12.7 Å². The fourth-order valence-electron chi connectivity index (χ4n) is 1.84. The minimum atomic E-state index is -4.67. The first-order valence-electron chi connectivity index (χ1n) is 6.53. The smallest absolute Gasteiger partial charge is 0.431 e. The van der Waals surface area contributed by atoms with Gasteiger partial charge >= 0.3 is 6.18 Å². The molecule has 0 spiro atoms. The topological polar surface area (TPSA) is 71.2 Å². The molecule has 0 saturated carbocycles. The van der Waals surface area contributed by atoms with E-state index in [0.717, 1.165) is 11.6 Å². The molecule has 0 aliphatic carbocycles. The second kappa shape index (κ2) is 6.55. The van der Waals surface area contributed by atoms with Crippen LogP contribution in [0.15, 0.2) is 41.2 Å². The van der Waals surface area contributed by atoms with E-state index < -0.39 is 23.3 Å². The lowest BCUT2D eigenvalue weighted by atomic mass is 10.2. The van der Waals surface area contributed by atoms with E-state index in [1.54, 1.807) is 29.2 Å². The second-order valence-electron chi connectivity index (χ2n) is 4.64. The molecule has 2 N–H and O–H groups in total. The van der Waals surface area contributed by atoms with Gasteiger partial charge in [0.15, 0.2) is 0 Å². The molecule has 0 atom stereocenters. The standard InChI is InChI=1S/C15H13F3N2O3/c1-23-10-4-2-9(3-5-10)8-19-13(21)11-6-7-12(15(16,17)18)20-14(11)22/h2-7H,8H2,1H3,(H,19,21)(H,20,22). The first-order chi connectivity index (χ1) is 10.8. The van der Waals surface area contributed by atoms with Crippen molar-refractivity contribution in [3.05, 3.63) is 63.6 Å². The molecule has 0 aliphatic rings. The summed E-state index contributed by atoms with van der Waals surface area (Å²) in [7, 11) is 1.52. The molecule has 1 heterocycles. The fraction of sp³-hybridized carbons (Fsp3) is 0.200. The Labute approximate surface area is 129 Å². The van der Waals surface area contributed by atoms with Crippen LogP contribution < -0.4 is 15.6 Å². The number of H-pyrrole nitrogens is 1. The van der Waals surface area contributed by atoms with Gasteiger partial charge in [-0.15, -0.1) is 0 Å². The molecule has 1 amide bonds. The Kier molecular flexibility index (Phi) is 4.73. The van der Waals surface area contributed by atoms with Crippen molar-refractivity contribution < 1.29 is 22.7 Å². The maximum Gasteiger partial charge on any atom is 0.431 e. The van der Waals surface area contributed by atoms with Gasteiger partial charge in [0.25, 0.3) is 11.5 Å². The van der Waals surface area contributed by atoms with Crippen LogP contribution in [0.3, 0.4) is 0 Å². The summed E-state index contributed by atoms with van der Waals surface area (Å²) in [6.45, 7) is 0.128. The summed E-state index contributed by atoms with van der Waals surface area (Å²) in [4.78, 5) is 25.1.